The number of hydrogen-bond acceptors (Lipinski definition) is 4. The van der Waals surface area contributed by atoms with Gasteiger partial charge in [-0.1, -0.05) is 6.08 Å². The zero-order valence-electron chi connectivity index (χ0n) is 9.72. The number of carbonyl (C=O) groups is 2. The summed E-state index contributed by atoms with van der Waals surface area (Å²) in [6.07, 6.45) is 1.59. The zero-order valence-corrected chi connectivity index (χ0v) is 9.72. The highest BCUT2D eigenvalue weighted by molar-refractivity contribution is 5.79. The van der Waals surface area contributed by atoms with Gasteiger partial charge in [0.15, 0.2) is 0 Å². The Morgan fingerprint density at radius 3 is 3.00 bits per heavy atom. The highest BCUT2D eigenvalue weighted by Gasteiger charge is 2.28. The van der Waals surface area contributed by atoms with Gasteiger partial charge in [-0.3, -0.25) is 9.59 Å². The van der Waals surface area contributed by atoms with Gasteiger partial charge in [-0.05, 0) is 0 Å². The van der Waals surface area contributed by atoms with Crippen LogP contribution < -0.4 is 5.32 Å². The van der Waals surface area contributed by atoms with Crippen molar-refractivity contribution in [3.8, 4) is 0 Å². The van der Waals surface area contributed by atoms with Crippen LogP contribution in [-0.2, 0) is 14.3 Å². The van der Waals surface area contributed by atoms with Gasteiger partial charge in [0.1, 0.15) is 0 Å². The van der Waals surface area contributed by atoms with Crippen LogP contribution >= 0.6 is 0 Å². The van der Waals surface area contributed by atoms with Crippen molar-refractivity contribution in [2.45, 2.75) is 12.5 Å². The molecule has 1 saturated heterocycles. The SMILES string of the molecule is C=CCNCC(=O)N1CCOCC1CC(=O)O. The van der Waals surface area contributed by atoms with Crippen molar-refractivity contribution >= 4 is 11.9 Å². The minimum Gasteiger partial charge on any atom is -0.481 e. The van der Waals surface area contributed by atoms with E-state index in [4.69, 9.17) is 9.84 Å². The second-order valence-electron chi connectivity index (χ2n) is 3.83. The highest BCUT2D eigenvalue weighted by Crippen LogP contribution is 2.10. The van der Waals surface area contributed by atoms with E-state index >= 15 is 0 Å². The minimum atomic E-state index is -0.919. The summed E-state index contributed by atoms with van der Waals surface area (Å²) in [5.41, 5.74) is 0. The van der Waals surface area contributed by atoms with Crippen LogP contribution in [0.5, 0.6) is 0 Å². The molecule has 0 aromatic carbocycles. The molecule has 0 aliphatic carbocycles. The molecule has 1 aliphatic rings. The predicted molar refractivity (Wildman–Crippen MR) is 61.6 cm³/mol. The number of carbonyl (C=O) groups excluding carboxylic acids is 1. The smallest absolute Gasteiger partial charge is 0.305 e. The van der Waals surface area contributed by atoms with Gasteiger partial charge >= 0.3 is 5.97 Å². The molecule has 1 atom stereocenters. The lowest BCUT2D eigenvalue weighted by Gasteiger charge is -2.34. The molecule has 1 heterocycles. The average Bonchev–Trinajstić information content (AvgIpc) is 2.29. The first kappa shape index (κ1) is 13.7. The standard InChI is InChI=1S/C11H18N2O4/c1-2-3-12-7-10(14)13-4-5-17-8-9(13)6-11(15)16/h2,9,12H,1,3-8H2,(H,15,16). The van der Waals surface area contributed by atoms with Gasteiger partial charge in [0, 0.05) is 13.1 Å². The molecule has 6 nitrogen and oxygen atoms in total. The first-order valence-electron chi connectivity index (χ1n) is 5.55. The molecule has 17 heavy (non-hydrogen) atoms. The fourth-order valence-corrected chi connectivity index (χ4v) is 1.74. The summed E-state index contributed by atoms with van der Waals surface area (Å²) < 4.78 is 5.20. The first-order valence-corrected chi connectivity index (χ1v) is 5.55. The van der Waals surface area contributed by atoms with Crippen LogP contribution in [0.2, 0.25) is 0 Å². The van der Waals surface area contributed by atoms with Crippen LogP contribution in [0.25, 0.3) is 0 Å². The predicted octanol–water partition coefficient (Wildman–Crippen LogP) is -0.536. The minimum absolute atomic E-state index is 0.0762. The Balaban J connectivity index is 2.48. The van der Waals surface area contributed by atoms with Crippen LogP contribution in [0.4, 0.5) is 0 Å². The van der Waals surface area contributed by atoms with E-state index in [0.29, 0.717) is 26.3 Å². The number of nitrogens with zero attached hydrogens (tertiary/aromatic N) is 1. The van der Waals surface area contributed by atoms with E-state index in [1.807, 2.05) is 0 Å². The van der Waals surface area contributed by atoms with Gasteiger partial charge in [-0.2, -0.15) is 0 Å². The number of nitrogens with one attached hydrogen (secondary N) is 1. The van der Waals surface area contributed by atoms with E-state index in [2.05, 4.69) is 11.9 Å². The van der Waals surface area contributed by atoms with Crippen LogP contribution in [0, 0.1) is 0 Å². The maximum absolute atomic E-state index is 11.8. The molecule has 2 N–H and O–H groups in total. The molecule has 0 aromatic heterocycles. The van der Waals surface area contributed by atoms with Crippen LogP contribution in [-0.4, -0.2) is 60.8 Å². The largest absolute Gasteiger partial charge is 0.481 e. The summed E-state index contributed by atoms with van der Waals surface area (Å²) in [5.74, 6) is -1.02. The Morgan fingerprint density at radius 1 is 1.59 bits per heavy atom. The molecule has 1 fully saturated rings. The van der Waals surface area contributed by atoms with E-state index in [1.54, 1.807) is 11.0 Å². The third kappa shape index (κ3) is 4.54. The Bertz CT molecular complexity index is 293. The number of hydrogen-bond donors (Lipinski definition) is 2. The van der Waals surface area contributed by atoms with Gasteiger partial charge < -0.3 is 20.1 Å². The molecule has 0 aromatic rings. The van der Waals surface area contributed by atoms with Crippen molar-refractivity contribution in [1.82, 2.24) is 10.2 Å². The highest BCUT2D eigenvalue weighted by atomic mass is 16.5. The summed E-state index contributed by atoms with van der Waals surface area (Å²) in [7, 11) is 0. The van der Waals surface area contributed by atoms with Crippen molar-refractivity contribution in [3.05, 3.63) is 12.7 Å². The summed E-state index contributed by atoms with van der Waals surface area (Å²) in [5, 5.41) is 11.7. The number of morpholine rings is 1. The molecule has 1 aliphatic heterocycles. The molecule has 0 bridgehead atoms. The lowest BCUT2D eigenvalue weighted by molar-refractivity contribution is -0.145. The number of carboxylic acids is 1. The van der Waals surface area contributed by atoms with Gasteiger partial charge in [0.25, 0.3) is 0 Å². The summed E-state index contributed by atoms with van der Waals surface area (Å²) in [4.78, 5) is 24.1. The maximum atomic E-state index is 11.8. The quantitative estimate of drug-likeness (QED) is 0.483. The molecule has 0 saturated carbocycles. The fourth-order valence-electron chi connectivity index (χ4n) is 1.74. The zero-order chi connectivity index (χ0) is 12.7. The summed E-state index contributed by atoms with van der Waals surface area (Å²) in [6, 6.07) is -0.362. The lowest BCUT2D eigenvalue weighted by Crippen LogP contribution is -2.52. The van der Waals surface area contributed by atoms with Crippen molar-refractivity contribution in [1.29, 1.82) is 0 Å². The van der Waals surface area contributed by atoms with E-state index in [9.17, 15) is 9.59 Å². The van der Waals surface area contributed by atoms with Crippen molar-refractivity contribution in [3.63, 3.8) is 0 Å². The van der Waals surface area contributed by atoms with Gasteiger partial charge in [-0.25, -0.2) is 0 Å². The molecule has 6 heteroatoms. The number of aliphatic carboxylic acids is 1. The fraction of sp³-hybridized carbons (Fsp3) is 0.636. The first-order chi connectivity index (χ1) is 8.15. The maximum Gasteiger partial charge on any atom is 0.305 e. The van der Waals surface area contributed by atoms with Crippen molar-refractivity contribution in [2.75, 3.05) is 32.8 Å². The number of amides is 1. The second kappa shape index (κ2) is 7.03. The topological polar surface area (TPSA) is 78.9 Å². The number of rotatable bonds is 6. The second-order valence-corrected chi connectivity index (χ2v) is 3.83. The molecule has 1 unspecified atom stereocenters. The Hall–Kier alpha value is -1.40. The molecule has 0 spiro atoms. The molecule has 96 valence electrons. The van der Waals surface area contributed by atoms with Crippen LogP contribution in [0.15, 0.2) is 12.7 Å². The third-order valence-corrected chi connectivity index (χ3v) is 2.52. The van der Waals surface area contributed by atoms with Crippen LogP contribution in [0.1, 0.15) is 6.42 Å². The Kier molecular flexibility index (Phi) is 5.65. The van der Waals surface area contributed by atoms with Gasteiger partial charge in [-0.15, -0.1) is 6.58 Å². The van der Waals surface area contributed by atoms with Crippen molar-refractivity contribution < 1.29 is 19.4 Å². The molecule has 1 rings (SSSR count). The summed E-state index contributed by atoms with van der Waals surface area (Å²) >= 11 is 0. The van der Waals surface area contributed by atoms with Gasteiger partial charge in [0.2, 0.25) is 5.91 Å². The number of carboxylic acid groups (broad SMARTS) is 1. The van der Waals surface area contributed by atoms with E-state index in [1.165, 1.54) is 0 Å². The van der Waals surface area contributed by atoms with E-state index in [0.717, 1.165) is 0 Å². The normalized spacial score (nSPS) is 20.0. The lowest BCUT2D eigenvalue weighted by atomic mass is 10.1. The van der Waals surface area contributed by atoms with Crippen molar-refractivity contribution in [2.24, 2.45) is 0 Å². The number of ether oxygens (including phenoxy) is 1. The molecular weight excluding hydrogens is 224 g/mol. The van der Waals surface area contributed by atoms with Crippen LogP contribution in [0.3, 0.4) is 0 Å². The molecular formula is C11H18N2O4. The monoisotopic (exact) mass is 242 g/mol. The Labute approximate surface area is 100 Å². The Morgan fingerprint density at radius 2 is 2.35 bits per heavy atom. The molecule has 1 amide bonds. The molecule has 0 radical (unpaired) electrons. The van der Waals surface area contributed by atoms with E-state index in [-0.39, 0.29) is 24.9 Å². The third-order valence-electron chi connectivity index (χ3n) is 2.52. The summed E-state index contributed by atoms with van der Waals surface area (Å²) in [6.45, 7) is 5.49. The van der Waals surface area contributed by atoms with E-state index < -0.39 is 5.97 Å². The van der Waals surface area contributed by atoms with Gasteiger partial charge in [0.05, 0.1) is 32.2 Å². The average molecular weight is 242 g/mol.